The number of pyridine rings is 1. The summed E-state index contributed by atoms with van der Waals surface area (Å²) < 4.78 is 5.68. The van der Waals surface area contributed by atoms with Crippen LogP contribution in [0.2, 0.25) is 0 Å². The Morgan fingerprint density at radius 2 is 2.17 bits per heavy atom. The van der Waals surface area contributed by atoms with E-state index < -0.39 is 0 Å². The van der Waals surface area contributed by atoms with Crippen LogP contribution in [0.1, 0.15) is 10.4 Å². The van der Waals surface area contributed by atoms with Crippen molar-refractivity contribution < 1.29 is 9.53 Å². The number of nitrogens with one attached hydrogen (secondary N) is 1. The highest BCUT2D eigenvalue weighted by molar-refractivity contribution is 9.10. The maximum atomic E-state index is 12.0. The Kier molecular flexibility index (Phi) is 3.94. The van der Waals surface area contributed by atoms with E-state index in [2.05, 4.69) is 26.2 Å². The van der Waals surface area contributed by atoms with Crippen molar-refractivity contribution in [3.63, 3.8) is 0 Å². The van der Waals surface area contributed by atoms with Gasteiger partial charge in [-0.05, 0) is 46.3 Å². The van der Waals surface area contributed by atoms with E-state index in [1.807, 2.05) is 0 Å². The molecule has 1 aromatic carbocycles. The Morgan fingerprint density at radius 1 is 1.33 bits per heavy atom. The molecule has 0 fully saturated rings. The minimum Gasteiger partial charge on any atom is -0.497 e. The highest BCUT2D eigenvalue weighted by Gasteiger charge is 2.09. The predicted molar refractivity (Wildman–Crippen MR) is 72.9 cm³/mol. The molecule has 0 saturated heterocycles. The summed E-state index contributed by atoms with van der Waals surface area (Å²) >= 11 is 3.27. The summed E-state index contributed by atoms with van der Waals surface area (Å²) in [4.78, 5) is 16.1. The Hall–Kier alpha value is -1.88. The molecule has 18 heavy (non-hydrogen) atoms. The minimum atomic E-state index is -0.206. The third-order valence-electron chi connectivity index (χ3n) is 2.34. The van der Waals surface area contributed by atoms with Gasteiger partial charge in [0, 0.05) is 11.8 Å². The predicted octanol–water partition coefficient (Wildman–Crippen LogP) is 3.11. The number of hydrogen-bond acceptors (Lipinski definition) is 3. The van der Waals surface area contributed by atoms with Gasteiger partial charge in [-0.3, -0.25) is 4.79 Å². The molecule has 0 aliphatic carbocycles. The fraction of sp³-hybridized carbons (Fsp3) is 0.0769. The van der Waals surface area contributed by atoms with Crippen molar-refractivity contribution in [2.75, 3.05) is 12.4 Å². The molecule has 5 heteroatoms. The lowest BCUT2D eigenvalue weighted by atomic mass is 10.2. The Morgan fingerprint density at radius 3 is 2.89 bits per heavy atom. The summed E-state index contributed by atoms with van der Waals surface area (Å²) in [6.07, 6.45) is 1.64. The summed E-state index contributed by atoms with van der Waals surface area (Å²) in [6.45, 7) is 0. The van der Waals surface area contributed by atoms with E-state index in [0.717, 1.165) is 0 Å². The molecule has 1 aromatic heterocycles. The maximum Gasteiger partial charge on any atom is 0.255 e. The van der Waals surface area contributed by atoms with E-state index in [1.165, 1.54) is 0 Å². The van der Waals surface area contributed by atoms with Crippen LogP contribution in [0.15, 0.2) is 47.2 Å². The zero-order valence-electron chi connectivity index (χ0n) is 9.68. The monoisotopic (exact) mass is 306 g/mol. The molecule has 2 aromatic rings. The number of anilines is 1. The second-order valence-corrected chi connectivity index (χ2v) is 4.28. The van der Waals surface area contributed by atoms with Crippen LogP contribution in [0.25, 0.3) is 0 Å². The molecule has 1 heterocycles. The molecule has 0 radical (unpaired) electrons. The summed E-state index contributed by atoms with van der Waals surface area (Å²) in [6, 6.07) is 10.5. The average Bonchev–Trinajstić information content (AvgIpc) is 2.41. The first-order chi connectivity index (χ1) is 8.70. The molecule has 0 atom stereocenters. The number of ether oxygens (including phenoxy) is 1. The number of rotatable bonds is 3. The maximum absolute atomic E-state index is 12.0. The van der Waals surface area contributed by atoms with Gasteiger partial charge in [-0.25, -0.2) is 4.98 Å². The average molecular weight is 307 g/mol. The fourth-order valence-corrected chi connectivity index (χ4v) is 1.79. The lowest BCUT2D eigenvalue weighted by Crippen LogP contribution is -2.12. The smallest absolute Gasteiger partial charge is 0.255 e. The molecule has 1 N–H and O–H groups in total. The first kappa shape index (κ1) is 12.6. The van der Waals surface area contributed by atoms with Crippen molar-refractivity contribution >= 4 is 27.5 Å². The second-order valence-electron chi connectivity index (χ2n) is 3.53. The SMILES string of the molecule is COc1cccc(C(=O)Nc2cccnc2Br)c1. The number of carbonyl (C=O) groups is 1. The van der Waals surface area contributed by atoms with Crippen molar-refractivity contribution in [2.45, 2.75) is 0 Å². The van der Waals surface area contributed by atoms with E-state index in [-0.39, 0.29) is 5.91 Å². The molecule has 0 saturated carbocycles. The number of nitrogens with zero attached hydrogens (tertiary/aromatic N) is 1. The van der Waals surface area contributed by atoms with Gasteiger partial charge >= 0.3 is 0 Å². The number of amides is 1. The van der Waals surface area contributed by atoms with Crippen LogP contribution in [0.3, 0.4) is 0 Å². The summed E-state index contributed by atoms with van der Waals surface area (Å²) in [5, 5.41) is 2.77. The number of carbonyl (C=O) groups excluding carboxylic acids is 1. The highest BCUT2D eigenvalue weighted by atomic mass is 79.9. The van der Waals surface area contributed by atoms with Crippen LogP contribution >= 0.6 is 15.9 Å². The van der Waals surface area contributed by atoms with Crippen LogP contribution in [0.4, 0.5) is 5.69 Å². The molecule has 0 unspecified atom stereocenters. The highest BCUT2D eigenvalue weighted by Crippen LogP contribution is 2.20. The van der Waals surface area contributed by atoms with E-state index in [1.54, 1.807) is 49.7 Å². The van der Waals surface area contributed by atoms with Crippen LogP contribution in [0, 0.1) is 0 Å². The van der Waals surface area contributed by atoms with E-state index in [4.69, 9.17) is 4.74 Å². The van der Waals surface area contributed by atoms with Gasteiger partial charge in [0.2, 0.25) is 0 Å². The first-order valence-electron chi connectivity index (χ1n) is 5.26. The molecule has 92 valence electrons. The largest absolute Gasteiger partial charge is 0.497 e. The number of methoxy groups -OCH3 is 1. The van der Waals surface area contributed by atoms with Crippen molar-refractivity contribution in [1.29, 1.82) is 0 Å². The normalized spacial score (nSPS) is 9.89. The molecular weight excluding hydrogens is 296 g/mol. The van der Waals surface area contributed by atoms with Crippen molar-refractivity contribution in [3.05, 3.63) is 52.8 Å². The van der Waals surface area contributed by atoms with Gasteiger partial charge in [-0.15, -0.1) is 0 Å². The van der Waals surface area contributed by atoms with Crippen LogP contribution in [-0.2, 0) is 0 Å². The van der Waals surface area contributed by atoms with Crippen molar-refractivity contribution in [2.24, 2.45) is 0 Å². The van der Waals surface area contributed by atoms with Gasteiger partial charge in [0.25, 0.3) is 5.91 Å². The lowest BCUT2D eigenvalue weighted by Gasteiger charge is -2.07. The Balaban J connectivity index is 2.19. The summed E-state index contributed by atoms with van der Waals surface area (Å²) in [5.41, 5.74) is 1.16. The molecule has 4 nitrogen and oxygen atoms in total. The molecule has 0 aliphatic rings. The van der Waals surface area contributed by atoms with Gasteiger partial charge in [0.1, 0.15) is 10.4 Å². The number of aromatic nitrogens is 1. The van der Waals surface area contributed by atoms with Gasteiger partial charge in [-0.1, -0.05) is 6.07 Å². The minimum absolute atomic E-state index is 0.206. The molecular formula is C13H11BrN2O2. The molecule has 0 bridgehead atoms. The second kappa shape index (κ2) is 5.64. The summed E-state index contributed by atoms with van der Waals surface area (Å²) in [7, 11) is 1.56. The van der Waals surface area contributed by atoms with Crippen LogP contribution < -0.4 is 10.1 Å². The Bertz CT molecular complexity index is 572. The first-order valence-corrected chi connectivity index (χ1v) is 6.06. The quantitative estimate of drug-likeness (QED) is 0.887. The fourth-order valence-electron chi connectivity index (χ4n) is 1.44. The van der Waals surface area contributed by atoms with Gasteiger partial charge in [-0.2, -0.15) is 0 Å². The number of hydrogen-bond donors (Lipinski definition) is 1. The topological polar surface area (TPSA) is 51.2 Å². The van der Waals surface area contributed by atoms with E-state index >= 15 is 0 Å². The zero-order chi connectivity index (χ0) is 13.0. The van der Waals surface area contributed by atoms with Crippen molar-refractivity contribution in [1.82, 2.24) is 4.98 Å². The van der Waals surface area contributed by atoms with Gasteiger partial charge < -0.3 is 10.1 Å². The molecule has 2 rings (SSSR count). The van der Waals surface area contributed by atoms with Gasteiger partial charge in [0.05, 0.1) is 12.8 Å². The number of benzene rings is 1. The lowest BCUT2D eigenvalue weighted by molar-refractivity contribution is 0.102. The number of halogens is 1. The summed E-state index contributed by atoms with van der Waals surface area (Å²) in [5.74, 6) is 0.440. The molecule has 1 amide bonds. The standard InChI is InChI=1S/C13H11BrN2O2/c1-18-10-5-2-4-9(8-10)13(17)16-11-6-3-7-15-12(11)14/h2-8H,1H3,(H,16,17). The van der Waals surface area contributed by atoms with Crippen molar-refractivity contribution in [3.8, 4) is 5.75 Å². The third-order valence-corrected chi connectivity index (χ3v) is 2.97. The van der Waals surface area contributed by atoms with Crippen LogP contribution in [-0.4, -0.2) is 18.0 Å². The van der Waals surface area contributed by atoms with Crippen LogP contribution in [0.5, 0.6) is 5.75 Å². The van der Waals surface area contributed by atoms with Gasteiger partial charge in [0.15, 0.2) is 0 Å². The molecule has 0 aliphatic heterocycles. The zero-order valence-corrected chi connectivity index (χ0v) is 11.3. The third kappa shape index (κ3) is 2.87. The Labute approximate surface area is 113 Å². The molecule has 0 spiro atoms. The van der Waals surface area contributed by atoms with E-state index in [9.17, 15) is 4.79 Å². The van der Waals surface area contributed by atoms with E-state index in [0.29, 0.717) is 21.6 Å².